The highest BCUT2D eigenvalue weighted by Gasteiger charge is 2.19. The third-order valence-corrected chi connectivity index (χ3v) is 6.05. The van der Waals surface area contributed by atoms with E-state index in [-0.39, 0.29) is 11.7 Å². The van der Waals surface area contributed by atoms with Crippen LogP contribution >= 0.6 is 0 Å². The molecule has 1 aromatic carbocycles. The van der Waals surface area contributed by atoms with Crippen molar-refractivity contribution in [3.05, 3.63) is 70.0 Å². The first kappa shape index (κ1) is 22.6. The molecule has 0 aliphatic carbocycles. The Balaban J connectivity index is 1.65. The Morgan fingerprint density at radius 2 is 1.88 bits per heavy atom. The van der Waals surface area contributed by atoms with Gasteiger partial charge in [0.05, 0.1) is 6.54 Å². The molecule has 0 saturated carbocycles. The second-order valence-electron chi connectivity index (χ2n) is 8.65. The first-order valence-corrected chi connectivity index (χ1v) is 11.6. The van der Waals surface area contributed by atoms with E-state index >= 15 is 0 Å². The van der Waals surface area contributed by atoms with Crippen LogP contribution in [0.5, 0.6) is 0 Å². The standard InChI is InChI=1S/C25H31N7O/c1-5-6-7-10-22-18(4)32(17(2)3)25(33)31(22)16-19-11-13-20(14-12-19)21-9-8-15-26-23(21)24-27-29-30-28-24/h8-9,11-15,17H,5-7,10,16H2,1-4H3,(H,27,28,29,30). The van der Waals surface area contributed by atoms with Crippen LogP contribution in [0, 0.1) is 6.92 Å². The fourth-order valence-corrected chi connectivity index (χ4v) is 4.40. The summed E-state index contributed by atoms with van der Waals surface area (Å²) in [7, 11) is 0. The maximum absolute atomic E-state index is 13.2. The number of aromatic nitrogens is 7. The average Bonchev–Trinajstić information content (AvgIpc) is 3.43. The van der Waals surface area contributed by atoms with E-state index in [0.29, 0.717) is 18.1 Å². The molecule has 0 bridgehead atoms. The summed E-state index contributed by atoms with van der Waals surface area (Å²) in [4.78, 5) is 17.7. The molecule has 8 heteroatoms. The topological polar surface area (TPSA) is 94.3 Å². The Kier molecular flexibility index (Phi) is 6.82. The van der Waals surface area contributed by atoms with Crippen LogP contribution in [-0.2, 0) is 13.0 Å². The van der Waals surface area contributed by atoms with Crippen molar-refractivity contribution in [3.8, 4) is 22.6 Å². The monoisotopic (exact) mass is 445 g/mol. The van der Waals surface area contributed by atoms with Crippen LogP contribution in [0.2, 0.25) is 0 Å². The lowest BCUT2D eigenvalue weighted by Gasteiger charge is -2.10. The van der Waals surface area contributed by atoms with Gasteiger partial charge in [-0.1, -0.05) is 50.1 Å². The van der Waals surface area contributed by atoms with Gasteiger partial charge in [-0.25, -0.2) is 4.79 Å². The Labute approximate surface area is 193 Å². The molecular weight excluding hydrogens is 414 g/mol. The lowest BCUT2D eigenvalue weighted by atomic mass is 10.0. The van der Waals surface area contributed by atoms with E-state index in [1.165, 1.54) is 6.42 Å². The lowest BCUT2D eigenvalue weighted by molar-refractivity contribution is 0.550. The van der Waals surface area contributed by atoms with E-state index in [9.17, 15) is 4.79 Å². The Bertz CT molecular complexity index is 1250. The number of aromatic amines is 1. The summed E-state index contributed by atoms with van der Waals surface area (Å²) in [6.45, 7) is 8.97. The Morgan fingerprint density at radius 1 is 1.09 bits per heavy atom. The lowest BCUT2D eigenvalue weighted by Crippen LogP contribution is -2.27. The minimum Gasteiger partial charge on any atom is -0.294 e. The first-order valence-electron chi connectivity index (χ1n) is 11.6. The molecule has 0 amide bonds. The highest BCUT2D eigenvalue weighted by atomic mass is 16.1. The van der Waals surface area contributed by atoms with Gasteiger partial charge in [0, 0.05) is 29.2 Å². The van der Waals surface area contributed by atoms with Crippen molar-refractivity contribution in [3.63, 3.8) is 0 Å². The number of hydrogen-bond acceptors (Lipinski definition) is 5. The van der Waals surface area contributed by atoms with Crippen LogP contribution in [0.3, 0.4) is 0 Å². The zero-order valence-electron chi connectivity index (χ0n) is 19.7. The molecule has 0 aliphatic rings. The fraction of sp³-hybridized carbons (Fsp3) is 0.400. The van der Waals surface area contributed by atoms with Crippen molar-refractivity contribution >= 4 is 0 Å². The van der Waals surface area contributed by atoms with E-state index in [2.05, 4.69) is 77.6 Å². The van der Waals surface area contributed by atoms with Crippen LogP contribution in [0.4, 0.5) is 0 Å². The number of benzene rings is 1. The van der Waals surface area contributed by atoms with E-state index in [0.717, 1.165) is 47.3 Å². The van der Waals surface area contributed by atoms with Gasteiger partial charge < -0.3 is 0 Å². The van der Waals surface area contributed by atoms with E-state index < -0.39 is 0 Å². The number of H-pyrrole nitrogens is 1. The van der Waals surface area contributed by atoms with Crippen LogP contribution < -0.4 is 5.69 Å². The predicted molar refractivity (Wildman–Crippen MR) is 129 cm³/mol. The maximum Gasteiger partial charge on any atom is 0.329 e. The Morgan fingerprint density at radius 3 is 2.55 bits per heavy atom. The number of tetrazole rings is 1. The molecule has 0 fully saturated rings. The summed E-state index contributed by atoms with van der Waals surface area (Å²) >= 11 is 0. The van der Waals surface area contributed by atoms with E-state index in [4.69, 9.17) is 0 Å². The van der Waals surface area contributed by atoms with Crippen molar-refractivity contribution in [2.45, 2.75) is 66.0 Å². The molecule has 1 N–H and O–H groups in total. The first-order chi connectivity index (χ1) is 16.0. The molecule has 172 valence electrons. The Hall–Kier alpha value is -3.55. The van der Waals surface area contributed by atoms with E-state index in [1.807, 2.05) is 21.3 Å². The van der Waals surface area contributed by atoms with Gasteiger partial charge in [-0.05, 0) is 56.0 Å². The molecule has 0 saturated heterocycles. The summed E-state index contributed by atoms with van der Waals surface area (Å²) < 4.78 is 3.87. The molecule has 0 unspecified atom stereocenters. The largest absolute Gasteiger partial charge is 0.329 e. The highest BCUT2D eigenvalue weighted by molar-refractivity contribution is 5.77. The number of rotatable bonds is 9. The molecule has 8 nitrogen and oxygen atoms in total. The van der Waals surface area contributed by atoms with Gasteiger partial charge >= 0.3 is 5.69 Å². The normalized spacial score (nSPS) is 11.4. The third-order valence-electron chi connectivity index (χ3n) is 6.05. The van der Waals surface area contributed by atoms with Crippen molar-refractivity contribution in [2.75, 3.05) is 0 Å². The zero-order valence-corrected chi connectivity index (χ0v) is 19.7. The summed E-state index contributed by atoms with van der Waals surface area (Å²) in [5.41, 5.74) is 6.02. The number of unbranched alkanes of at least 4 members (excludes halogenated alkanes) is 2. The third kappa shape index (κ3) is 4.65. The van der Waals surface area contributed by atoms with Crippen LogP contribution in [0.25, 0.3) is 22.6 Å². The molecule has 4 rings (SSSR count). The van der Waals surface area contributed by atoms with Crippen LogP contribution in [-0.4, -0.2) is 34.7 Å². The van der Waals surface area contributed by atoms with Crippen molar-refractivity contribution in [1.82, 2.24) is 34.7 Å². The number of hydrogen-bond donors (Lipinski definition) is 1. The second-order valence-corrected chi connectivity index (χ2v) is 8.65. The number of nitrogens with zero attached hydrogens (tertiary/aromatic N) is 6. The molecule has 3 heterocycles. The van der Waals surface area contributed by atoms with Crippen molar-refractivity contribution < 1.29 is 0 Å². The van der Waals surface area contributed by atoms with Gasteiger partial charge in [-0.2, -0.15) is 5.21 Å². The predicted octanol–water partition coefficient (Wildman–Crippen LogP) is 4.56. The molecule has 0 aliphatic heterocycles. The smallest absolute Gasteiger partial charge is 0.294 e. The molecular formula is C25H31N7O. The molecule has 0 spiro atoms. The summed E-state index contributed by atoms with van der Waals surface area (Å²) in [5, 5.41) is 14.3. The van der Waals surface area contributed by atoms with Crippen molar-refractivity contribution in [1.29, 1.82) is 0 Å². The van der Waals surface area contributed by atoms with Gasteiger partial charge in [0.15, 0.2) is 0 Å². The van der Waals surface area contributed by atoms with E-state index in [1.54, 1.807) is 6.20 Å². The number of pyridine rings is 1. The SMILES string of the molecule is CCCCCc1c(C)n(C(C)C)c(=O)n1Cc1ccc(-c2cccnc2-c2nn[nH]n2)cc1. The van der Waals surface area contributed by atoms with Crippen LogP contribution in [0.1, 0.15) is 63.0 Å². The molecule has 0 radical (unpaired) electrons. The summed E-state index contributed by atoms with van der Waals surface area (Å²) in [6, 6.07) is 12.3. The van der Waals surface area contributed by atoms with Crippen LogP contribution in [0.15, 0.2) is 47.4 Å². The number of imidazole rings is 1. The number of nitrogens with one attached hydrogen (secondary N) is 1. The molecule has 4 aromatic rings. The average molecular weight is 446 g/mol. The summed E-state index contributed by atoms with van der Waals surface area (Å²) in [6.07, 6.45) is 6.07. The van der Waals surface area contributed by atoms with Gasteiger partial charge in [-0.15, -0.1) is 10.2 Å². The maximum atomic E-state index is 13.2. The fourth-order valence-electron chi connectivity index (χ4n) is 4.40. The molecule has 3 aromatic heterocycles. The molecule has 0 atom stereocenters. The molecule has 33 heavy (non-hydrogen) atoms. The zero-order chi connectivity index (χ0) is 23.4. The quantitative estimate of drug-likeness (QED) is 0.381. The van der Waals surface area contributed by atoms with Gasteiger partial charge in [0.2, 0.25) is 5.82 Å². The van der Waals surface area contributed by atoms with Gasteiger partial charge in [0.25, 0.3) is 0 Å². The highest BCUT2D eigenvalue weighted by Crippen LogP contribution is 2.28. The second kappa shape index (κ2) is 9.94. The minimum absolute atomic E-state index is 0.0738. The van der Waals surface area contributed by atoms with Crippen molar-refractivity contribution in [2.24, 2.45) is 0 Å². The summed E-state index contributed by atoms with van der Waals surface area (Å²) in [5.74, 6) is 0.462. The van der Waals surface area contributed by atoms with Gasteiger partial charge in [0.1, 0.15) is 5.69 Å². The van der Waals surface area contributed by atoms with Gasteiger partial charge in [-0.3, -0.25) is 14.1 Å². The minimum atomic E-state index is 0.0738.